The number of anilines is 1. The fourth-order valence-corrected chi connectivity index (χ4v) is 4.47. The zero-order valence-corrected chi connectivity index (χ0v) is 19.9. The van der Waals surface area contributed by atoms with E-state index < -0.39 is 15.8 Å². The maximum Gasteiger partial charge on any atom is 0.344 e. The highest BCUT2D eigenvalue weighted by molar-refractivity contribution is 7.90. The Labute approximate surface area is 198 Å². The molecule has 3 aromatic carbocycles. The minimum atomic E-state index is -3.35. The van der Waals surface area contributed by atoms with Gasteiger partial charge in [-0.25, -0.2) is 13.2 Å². The Morgan fingerprint density at radius 3 is 2.09 bits per heavy atom. The first-order valence-corrected chi connectivity index (χ1v) is 12.4. The normalized spacial score (nSPS) is 15.2. The van der Waals surface area contributed by atoms with Gasteiger partial charge in [0.1, 0.15) is 5.76 Å². The van der Waals surface area contributed by atoms with Gasteiger partial charge in [0.2, 0.25) is 0 Å². The molecule has 5 nitrogen and oxygen atoms in total. The average Bonchev–Trinajstić information content (AvgIpc) is 3.09. The van der Waals surface area contributed by atoms with Gasteiger partial charge in [-0.3, -0.25) is 0 Å². The molecule has 0 unspecified atom stereocenters. The molecule has 0 aromatic heterocycles. The predicted molar refractivity (Wildman–Crippen MR) is 133 cm³/mol. The summed E-state index contributed by atoms with van der Waals surface area (Å²) in [6, 6.07) is 21.3. The van der Waals surface area contributed by atoms with Crippen LogP contribution in [0.2, 0.25) is 5.02 Å². The lowest BCUT2D eigenvalue weighted by Gasteiger charge is -2.12. The third kappa shape index (κ3) is 4.72. The predicted octanol–water partition coefficient (Wildman–Crippen LogP) is 5.32. The molecular weight excluding hydrogens is 458 g/mol. The molecule has 168 valence electrons. The van der Waals surface area contributed by atoms with Gasteiger partial charge < -0.3 is 9.64 Å². The van der Waals surface area contributed by atoms with Gasteiger partial charge in [0.05, 0.1) is 10.5 Å². The van der Waals surface area contributed by atoms with Crippen molar-refractivity contribution in [3.05, 3.63) is 100 Å². The molecule has 1 aliphatic rings. The maximum absolute atomic E-state index is 13.0. The quantitative estimate of drug-likeness (QED) is 0.463. The molecule has 1 aliphatic heterocycles. The number of cyclic esters (lactones) is 1. The molecule has 0 fully saturated rings. The number of carbonyl (C=O) groups excluding carboxylic acids is 1. The Morgan fingerprint density at radius 2 is 1.52 bits per heavy atom. The monoisotopic (exact) mass is 479 g/mol. The third-order valence-electron chi connectivity index (χ3n) is 5.32. The van der Waals surface area contributed by atoms with Crippen molar-refractivity contribution in [3.8, 4) is 0 Å². The molecule has 0 N–H and O–H groups in total. The van der Waals surface area contributed by atoms with Gasteiger partial charge >= 0.3 is 5.97 Å². The summed E-state index contributed by atoms with van der Waals surface area (Å²) in [4.78, 5) is 15.2. The molecule has 0 radical (unpaired) electrons. The molecule has 4 rings (SSSR count). The number of nitrogens with zero attached hydrogens (tertiary/aromatic N) is 1. The van der Waals surface area contributed by atoms with Crippen molar-refractivity contribution >= 4 is 50.3 Å². The van der Waals surface area contributed by atoms with Crippen LogP contribution in [0.4, 0.5) is 5.69 Å². The summed E-state index contributed by atoms with van der Waals surface area (Å²) in [5.74, 6) is -0.138. The lowest BCUT2D eigenvalue weighted by Crippen LogP contribution is -2.07. The highest BCUT2D eigenvalue weighted by Crippen LogP contribution is 2.42. The number of ether oxygens (including phenoxy) is 1. The van der Waals surface area contributed by atoms with E-state index in [0.29, 0.717) is 33.1 Å². The van der Waals surface area contributed by atoms with E-state index in [1.165, 1.54) is 12.1 Å². The van der Waals surface area contributed by atoms with Crippen molar-refractivity contribution in [1.29, 1.82) is 0 Å². The minimum Gasteiger partial charge on any atom is -0.422 e. The second kappa shape index (κ2) is 8.89. The Balaban J connectivity index is 1.90. The van der Waals surface area contributed by atoms with Crippen molar-refractivity contribution in [2.24, 2.45) is 0 Å². The van der Waals surface area contributed by atoms with Gasteiger partial charge in [-0.1, -0.05) is 54.1 Å². The van der Waals surface area contributed by atoms with Crippen molar-refractivity contribution in [3.63, 3.8) is 0 Å². The first kappa shape index (κ1) is 22.8. The molecular formula is C26H22ClNO4S. The number of allylic oxidation sites excluding steroid dienone is 1. The van der Waals surface area contributed by atoms with Gasteiger partial charge in [0.25, 0.3) is 0 Å². The van der Waals surface area contributed by atoms with Crippen molar-refractivity contribution in [2.75, 3.05) is 25.3 Å². The van der Waals surface area contributed by atoms with Crippen LogP contribution >= 0.6 is 11.6 Å². The number of benzene rings is 3. The van der Waals surface area contributed by atoms with Crippen LogP contribution in [-0.2, 0) is 19.4 Å². The average molecular weight is 480 g/mol. The van der Waals surface area contributed by atoms with Gasteiger partial charge in [-0.15, -0.1) is 0 Å². The van der Waals surface area contributed by atoms with Crippen LogP contribution in [0.25, 0.3) is 17.2 Å². The van der Waals surface area contributed by atoms with Crippen LogP contribution in [0.1, 0.15) is 16.7 Å². The van der Waals surface area contributed by atoms with Crippen LogP contribution < -0.4 is 4.90 Å². The van der Waals surface area contributed by atoms with Gasteiger partial charge in [0, 0.05) is 42.2 Å². The number of sulfone groups is 1. The van der Waals surface area contributed by atoms with E-state index in [9.17, 15) is 13.2 Å². The summed E-state index contributed by atoms with van der Waals surface area (Å²) >= 11 is 6.42. The number of hydrogen-bond acceptors (Lipinski definition) is 5. The van der Waals surface area contributed by atoms with E-state index in [1.54, 1.807) is 42.5 Å². The standard InChI is InChI=1S/C26H22ClNO4S/c1-28(2)19-12-8-17(9-13-19)16-23-24(18-10-14-20(15-11-18)33(3,30)31)25(26(29)32-23)21-6-4-5-7-22(21)27/h4-16H,1-3H3/b23-16-. The number of hydrogen-bond donors (Lipinski definition) is 0. The molecule has 33 heavy (non-hydrogen) atoms. The van der Waals surface area contributed by atoms with Crippen molar-refractivity contribution < 1.29 is 17.9 Å². The maximum atomic E-state index is 13.0. The van der Waals surface area contributed by atoms with E-state index in [1.807, 2.05) is 43.3 Å². The third-order valence-corrected chi connectivity index (χ3v) is 6.78. The number of rotatable bonds is 5. The summed E-state index contributed by atoms with van der Waals surface area (Å²) in [5.41, 5.74) is 4.00. The summed E-state index contributed by atoms with van der Waals surface area (Å²) < 4.78 is 29.5. The van der Waals surface area contributed by atoms with Crippen LogP contribution in [0.3, 0.4) is 0 Å². The molecule has 3 aromatic rings. The number of esters is 1. The fourth-order valence-electron chi connectivity index (χ4n) is 3.61. The highest BCUT2D eigenvalue weighted by Gasteiger charge is 2.33. The van der Waals surface area contributed by atoms with Crippen molar-refractivity contribution in [1.82, 2.24) is 0 Å². The van der Waals surface area contributed by atoms with Crippen LogP contribution in [0.15, 0.2) is 83.5 Å². The highest BCUT2D eigenvalue weighted by atomic mass is 35.5. The molecule has 0 atom stereocenters. The summed E-state index contributed by atoms with van der Waals surface area (Å²) in [7, 11) is 0.569. The second-order valence-electron chi connectivity index (χ2n) is 7.91. The van der Waals surface area contributed by atoms with E-state index in [4.69, 9.17) is 16.3 Å². The summed E-state index contributed by atoms with van der Waals surface area (Å²) in [6.07, 6.45) is 2.95. The minimum absolute atomic E-state index is 0.196. The molecule has 0 saturated heterocycles. The molecule has 0 spiro atoms. The molecule has 0 amide bonds. The first-order valence-electron chi connectivity index (χ1n) is 10.2. The Kier molecular flexibility index (Phi) is 6.15. The van der Waals surface area contributed by atoms with Gasteiger partial charge in [-0.05, 0) is 47.5 Å². The summed E-state index contributed by atoms with van der Waals surface area (Å²) in [5, 5.41) is 0.422. The van der Waals surface area contributed by atoms with E-state index in [2.05, 4.69) is 0 Å². The van der Waals surface area contributed by atoms with E-state index >= 15 is 0 Å². The smallest absolute Gasteiger partial charge is 0.344 e. The van der Waals surface area contributed by atoms with Crippen molar-refractivity contribution in [2.45, 2.75) is 4.90 Å². The molecule has 0 saturated carbocycles. The molecule has 0 bridgehead atoms. The molecule has 7 heteroatoms. The Hall–Kier alpha value is -3.35. The molecule has 0 aliphatic carbocycles. The SMILES string of the molecule is CN(C)c1ccc(/C=C2\OC(=O)C(c3ccccc3Cl)=C2c2ccc(S(C)(=O)=O)cc2)cc1. The fraction of sp³-hybridized carbons (Fsp3) is 0.115. The zero-order chi connectivity index (χ0) is 23.8. The van der Waals surface area contributed by atoms with Crippen LogP contribution in [0, 0.1) is 0 Å². The van der Waals surface area contributed by atoms with Gasteiger partial charge in [-0.2, -0.15) is 0 Å². The zero-order valence-electron chi connectivity index (χ0n) is 18.4. The number of carbonyl (C=O) groups is 1. The Bertz CT molecular complexity index is 1390. The topological polar surface area (TPSA) is 63.7 Å². The lowest BCUT2D eigenvalue weighted by atomic mass is 9.94. The van der Waals surface area contributed by atoms with E-state index in [0.717, 1.165) is 17.5 Å². The first-order chi connectivity index (χ1) is 15.6. The largest absolute Gasteiger partial charge is 0.422 e. The number of halogens is 1. The molecule has 1 heterocycles. The Morgan fingerprint density at radius 1 is 0.879 bits per heavy atom. The van der Waals surface area contributed by atoms with Gasteiger partial charge in [0.15, 0.2) is 9.84 Å². The summed E-state index contributed by atoms with van der Waals surface area (Å²) in [6.45, 7) is 0. The van der Waals surface area contributed by atoms with Crippen LogP contribution in [-0.4, -0.2) is 34.7 Å². The van der Waals surface area contributed by atoms with Crippen LogP contribution in [0.5, 0.6) is 0 Å². The second-order valence-corrected chi connectivity index (χ2v) is 10.3. The lowest BCUT2D eigenvalue weighted by molar-refractivity contribution is -0.131. The van der Waals surface area contributed by atoms with E-state index in [-0.39, 0.29) is 4.90 Å².